The first-order chi connectivity index (χ1) is 14.3. The number of hydrogen-bond acceptors (Lipinski definition) is 5. The summed E-state index contributed by atoms with van der Waals surface area (Å²) >= 11 is 1.76. The van der Waals surface area contributed by atoms with Gasteiger partial charge in [-0.15, -0.1) is 21.5 Å². The van der Waals surface area contributed by atoms with E-state index >= 15 is 0 Å². The highest BCUT2D eigenvalue weighted by Gasteiger charge is 2.53. The first kappa shape index (κ1) is 18.6. The third-order valence-electron chi connectivity index (χ3n) is 6.22. The van der Waals surface area contributed by atoms with Crippen molar-refractivity contribution in [3.63, 3.8) is 0 Å². The fourth-order valence-corrected chi connectivity index (χ4v) is 5.60. The van der Waals surface area contributed by atoms with E-state index in [2.05, 4.69) is 32.3 Å². The van der Waals surface area contributed by atoms with Gasteiger partial charge < -0.3 is 9.30 Å². The molecule has 0 bridgehead atoms. The van der Waals surface area contributed by atoms with Gasteiger partial charge in [0.15, 0.2) is 0 Å². The smallest absolute Gasteiger partial charge is 0.338 e. The molecule has 3 heterocycles. The Morgan fingerprint density at radius 1 is 1.03 bits per heavy atom. The molecule has 2 aromatic heterocycles. The third kappa shape index (κ3) is 3.39. The lowest BCUT2D eigenvalue weighted by Gasteiger charge is -2.45. The van der Waals surface area contributed by atoms with Crippen LogP contribution in [0.2, 0.25) is 0 Å². The molecular weight excluding hydrogens is 382 g/mol. The highest BCUT2D eigenvalue weighted by Crippen LogP contribution is 2.51. The number of thiophene rings is 1. The largest absolute Gasteiger partial charge is 0.459 e. The molecule has 2 aliphatic rings. The fraction of sp³-hybridized carbons (Fsp3) is 0.435. The monoisotopic (exact) mass is 407 g/mol. The molecule has 1 fully saturated rings. The summed E-state index contributed by atoms with van der Waals surface area (Å²) in [5, 5.41) is 11.4. The van der Waals surface area contributed by atoms with Crippen molar-refractivity contribution in [1.82, 2.24) is 14.8 Å². The zero-order chi connectivity index (χ0) is 19.7. The maximum absolute atomic E-state index is 12.5. The molecule has 5 rings (SSSR count). The molecule has 3 aromatic rings. The van der Waals surface area contributed by atoms with E-state index in [0.717, 1.165) is 37.5 Å². The van der Waals surface area contributed by atoms with Crippen LogP contribution in [-0.4, -0.2) is 26.8 Å². The molecule has 0 amide bonds. The Labute approximate surface area is 174 Å². The van der Waals surface area contributed by atoms with Crippen molar-refractivity contribution in [3.05, 3.63) is 69.9 Å². The fourth-order valence-electron chi connectivity index (χ4n) is 4.66. The average Bonchev–Trinajstić information content (AvgIpc) is 3.35. The molecule has 0 spiro atoms. The molecule has 1 aliphatic heterocycles. The molecule has 5 nitrogen and oxygen atoms in total. The van der Waals surface area contributed by atoms with Gasteiger partial charge in [-0.2, -0.15) is 0 Å². The Hall–Kier alpha value is -2.47. The topological polar surface area (TPSA) is 57.0 Å². The van der Waals surface area contributed by atoms with Crippen LogP contribution in [0.5, 0.6) is 0 Å². The Morgan fingerprint density at radius 2 is 1.86 bits per heavy atom. The minimum atomic E-state index is -0.244. The molecule has 6 heteroatoms. The van der Waals surface area contributed by atoms with E-state index in [-0.39, 0.29) is 17.5 Å². The summed E-state index contributed by atoms with van der Waals surface area (Å²) in [5.41, 5.74) is 0.411. The Kier molecular flexibility index (Phi) is 4.96. The predicted molar refractivity (Wildman–Crippen MR) is 112 cm³/mol. The third-order valence-corrected chi connectivity index (χ3v) is 7.29. The first-order valence-electron chi connectivity index (χ1n) is 10.5. The van der Waals surface area contributed by atoms with Crippen molar-refractivity contribution in [3.8, 4) is 0 Å². The van der Waals surface area contributed by atoms with Crippen molar-refractivity contribution in [2.45, 2.75) is 63.0 Å². The van der Waals surface area contributed by atoms with Gasteiger partial charge in [-0.1, -0.05) is 37.1 Å². The Bertz CT molecular complexity index is 975. The standard InChI is InChI=1S/C23H25N3O2S/c27-21(17-9-4-3-5-10-17)28-18-15-23(16-18,19-11-8-14-29-19)22-25-24-20-12-6-1-2-7-13-26(20)22/h3-5,8-11,14,18H,1-2,6-7,12-13,15-16H2/t18-,23+. The van der Waals surface area contributed by atoms with Gasteiger partial charge in [0, 0.05) is 30.7 Å². The Balaban J connectivity index is 1.41. The van der Waals surface area contributed by atoms with Gasteiger partial charge in [0.25, 0.3) is 0 Å². The van der Waals surface area contributed by atoms with Crippen molar-refractivity contribution in [1.29, 1.82) is 0 Å². The molecule has 0 atom stereocenters. The van der Waals surface area contributed by atoms with Crippen LogP contribution >= 0.6 is 11.3 Å². The molecule has 1 saturated carbocycles. The van der Waals surface area contributed by atoms with E-state index in [1.807, 2.05) is 18.2 Å². The number of carbonyl (C=O) groups excluding carboxylic acids is 1. The lowest BCUT2D eigenvalue weighted by molar-refractivity contribution is -0.0153. The van der Waals surface area contributed by atoms with Gasteiger partial charge in [-0.05, 0) is 36.4 Å². The molecule has 0 unspecified atom stereocenters. The van der Waals surface area contributed by atoms with Crippen LogP contribution in [0, 0.1) is 0 Å². The number of ether oxygens (including phenoxy) is 1. The van der Waals surface area contributed by atoms with E-state index in [1.54, 1.807) is 23.5 Å². The minimum absolute atomic E-state index is 0.0914. The summed E-state index contributed by atoms with van der Waals surface area (Å²) in [7, 11) is 0. The first-order valence-corrected chi connectivity index (χ1v) is 11.4. The van der Waals surface area contributed by atoms with Crippen LogP contribution in [0.1, 0.15) is 65.4 Å². The quantitative estimate of drug-likeness (QED) is 0.585. The van der Waals surface area contributed by atoms with Crippen LogP contribution in [0.15, 0.2) is 47.8 Å². The number of aryl methyl sites for hydroxylation is 1. The van der Waals surface area contributed by atoms with Crippen LogP contribution in [0.25, 0.3) is 0 Å². The Morgan fingerprint density at radius 3 is 2.66 bits per heavy atom. The minimum Gasteiger partial charge on any atom is -0.459 e. The van der Waals surface area contributed by atoms with Gasteiger partial charge in [0.1, 0.15) is 17.8 Å². The average molecular weight is 408 g/mol. The molecule has 29 heavy (non-hydrogen) atoms. The molecular formula is C23H25N3O2S. The maximum Gasteiger partial charge on any atom is 0.338 e. The van der Waals surface area contributed by atoms with E-state index in [0.29, 0.717) is 5.56 Å². The number of hydrogen-bond donors (Lipinski definition) is 0. The van der Waals surface area contributed by atoms with Crippen LogP contribution in [-0.2, 0) is 23.1 Å². The van der Waals surface area contributed by atoms with Gasteiger partial charge in [-0.25, -0.2) is 4.79 Å². The van der Waals surface area contributed by atoms with E-state index in [1.165, 1.54) is 30.6 Å². The van der Waals surface area contributed by atoms with E-state index in [4.69, 9.17) is 4.74 Å². The van der Waals surface area contributed by atoms with Crippen LogP contribution in [0.3, 0.4) is 0 Å². The number of rotatable bonds is 4. The number of aromatic nitrogens is 3. The van der Waals surface area contributed by atoms with Crippen molar-refractivity contribution >= 4 is 17.3 Å². The number of carbonyl (C=O) groups is 1. The van der Waals surface area contributed by atoms with Gasteiger partial charge in [0.2, 0.25) is 0 Å². The summed E-state index contributed by atoms with van der Waals surface area (Å²) in [5.74, 6) is 1.93. The van der Waals surface area contributed by atoms with Gasteiger partial charge in [-0.3, -0.25) is 0 Å². The number of benzene rings is 1. The summed E-state index contributed by atoms with van der Waals surface area (Å²) in [6, 6.07) is 13.5. The van der Waals surface area contributed by atoms with Gasteiger partial charge >= 0.3 is 5.97 Å². The SMILES string of the molecule is O=C(O[C@H]1C[C@@](c2cccs2)(c2nnc3n2CCCCCC3)C1)c1ccccc1. The number of esters is 1. The normalized spacial score (nSPS) is 24.1. The zero-order valence-electron chi connectivity index (χ0n) is 16.4. The molecule has 150 valence electrons. The molecule has 1 aromatic carbocycles. The summed E-state index contributed by atoms with van der Waals surface area (Å²) in [6.45, 7) is 0.985. The zero-order valence-corrected chi connectivity index (χ0v) is 17.2. The summed E-state index contributed by atoms with van der Waals surface area (Å²) < 4.78 is 8.18. The highest BCUT2D eigenvalue weighted by molar-refractivity contribution is 7.10. The second kappa shape index (κ2) is 7.75. The molecule has 0 N–H and O–H groups in total. The van der Waals surface area contributed by atoms with Crippen molar-refractivity contribution in [2.75, 3.05) is 0 Å². The summed E-state index contributed by atoms with van der Waals surface area (Å²) in [6.07, 6.45) is 7.34. The summed E-state index contributed by atoms with van der Waals surface area (Å²) in [4.78, 5) is 13.8. The molecule has 1 aliphatic carbocycles. The number of fused-ring (bicyclic) bond motifs is 1. The lowest BCUT2D eigenvalue weighted by atomic mass is 9.65. The van der Waals surface area contributed by atoms with Crippen molar-refractivity contribution in [2.24, 2.45) is 0 Å². The predicted octanol–water partition coefficient (Wildman–Crippen LogP) is 4.76. The van der Waals surface area contributed by atoms with Gasteiger partial charge in [0.05, 0.1) is 11.0 Å². The maximum atomic E-state index is 12.5. The second-order valence-corrected chi connectivity index (χ2v) is 9.06. The van der Waals surface area contributed by atoms with E-state index in [9.17, 15) is 4.79 Å². The van der Waals surface area contributed by atoms with Crippen LogP contribution < -0.4 is 0 Å². The highest BCUT2D eigenvalue weighted by atomic mass is 32.1. The lowest BCUT2D eigenvalue weighted by Crippen LogP contribution is -2.49. The number of nitrogens with zero attached hydrogens (tertiary/aromatic N) is 3. The van der Waals surface area contributed by atoms with E-state index < -0.39 is 0 Å². The van der Waals surface area contributed by atoms with Crippen molar-refractivity contribution < 1.29 is 9.53 Å². The second-order valence-electron chi connectivity index (χ2n) is 8.12. The molecule has 0 saturated heterocycles. The van der Waals surface area contributed by atoms with Crippen LogP contribution in [0.4, 0.5) is 0 Å². The molecule has 0 radical (unpaired) electrons.